The van der Waals surface area contributed by atoms with Crippen LogP contribution < -0.4 is 10.6 Å². The molecule has 0 bridgehead atoms. The van der Waals surface area contributed by atoms with Gasteiger partial charge in [-0.05, 0) is 44.2 Å². The fourth-order valence-corrected chi connectivity index (χ4v) is 2.61. The van der Waals surface area contributed by atoms with E-state index in [9.17, 15) is 5.11 Å². The van der Waals surface area contributed by atoms with Gasteiger partial charge >= 0.3 is 0 Å². The lowest BCUT2D eigenvalue weighted by Crippen LogP contribution is -2.29. The van der Waals surface area contributed by atoms with Crippen LogP contribution in [-0.2, 0) is 13.0 Å². The van der Waals surface area contributed by atoms with Crippen LogP contribution in [0.3, 0.4) is 0 Å². The average molecular weight is 248 g/mol. The van der Waals surface area contributed by atoms with E-state index in [-0.39, 0.29) is 6.10 Å². The number of fused-ring (bicyclic) bond motifs is 1. The van der Waals surface area contributed by atoms with Crippen molar-refractivity contribution >= 4 is 5.69 Å². The molecule has 2 unspecified atom stereocenters. The number of hydrogen-bond donors (Lipinski definition) is 3. The SMILES string of the molecule is CC(O)CC(C)NCc1cccc2c1NCCC2. The summed E-state index contributed by atoms with van der Waals surface area (Å²) in [4.78, 5) is 0. The summed E-state index contributed by atoms with van der Waals surface area (Å²) in [7, 11) is 0. The number of aliphatic hydroxyl groups excluding tert-OH is 1. The lowest BCUT2D eigenvalue weighted by Gasteiger charge is -2.22. The molecule has 0 saturated heterocycles. The zero-order chi connectivity index (χ0) is 13.0. The van der Waals surface area contributed by atoms with Crippen molar-refractivity contribution in [1.82, 2.24) is 5.32 Å². The van der Waals surface area contributed by atoms with E-state index < -0.39 is 0 Å². The number of benzene rings is 1. The van der Waals surface area contributed by atoms with Crippen molar-refractivity contribution < 1.29 is 5.11 Å². The molecule has 3 heteroatoms. The molecule has 100 valence electrons. The zero-order valence-corrected chi connectivity index (χ0v) is 11.4. The standard InChI is InChI=1S/C15H24N2O/c1-11(9-12(2)18)17-10-14-6-3-5-13-7-4-8-16-15(13)14/h3,5-6,11-12,16-18H,4,7-10H2,1-2H3. The third kappa shape index (κ3) is 3.47. The van der Waals surface area contributed by atoms with E-state index in [4.69, 9.17) is 0 Å². The summed E-state index contributed by atoms with van der Waals surface area (Å²) in [6, 6.07) is 6.87. The van der Waals surface area contributed by atoms with Gasteiger partial charge in [-0.3, -0.25) is 0 Å². The van der Waals surface area contributed by atoms with Gasteiger partial charge in [0, 0.05) is 24.8 Å². The highest BCUT2D eigenvalue weighted by atomic mass is 16.3. The highest BCUT2D eigenvalue weighted by Crippen LogP contribution is 2.25. The van der Waals surface area contributed by atoms with Crippen LogP contribution in [0.4, 0.5) is 5.69 Å². The van der Waals surface area contributed by atoms with Gasteiger partial charge in [-0.25, -0.2) is 0 Å². The smallest absolute Gasteiger partial charge is 0.0526 e. The van der Waals surface area contributed by atoms with Crippen LogP contribution in [0.15, 0.2) is 18.2 Å². The molecule has 3 nitrogen and oxygen atoms in total. The predicted molar refractivity (Wildman–Crippen MR) is 75.9 cm³/mol. The first kappa shape index (κ1) is 13.4. The molecule has 0 saturated carbocycles. The molecule has 0 amide bonds. The fraction of sp³-hybridized carbons (Fsp3) is 0.600. The molecule has 2 atom stereocenters. The second-order valence-corrected chi connectivity index (χ2v) is 5.35. The van der Waals surface area contributed by atoms with E-state index in [2.05, 4.69) is 35.8 Å². The van der Waals surface area contributed by atoms with Gasteiger partial charge in [0.15, 0.2) is 0 Å². The Hall–Kier alpha value is -1.06. The van der Waals surface area contributed by atoms with Crippen LogP contribution in [0.25, 0.3) is 0 Å². The molecular formula is C15H24N2O. The van der Waals surface area contributed by atoms with Crippen LogP contribution in [0.1, 0.15) is 37.8 Å². The third-order valence-corrected chi connectivity index (χ3v) is 3.50. The van der Waals surface area contributed by atoms with Crippen LogP contribution in [0.5, 0.6) is 0 Å². The molecule has 1 aromatic carbocycles. The predicted octanol–water partition coefficient (Wildman–Crippen LogP) is 2.29. The number of hydrogen-bond acceptors (Lipinski definition) is 3. The second-order valence-electron chi connectivity index (χ2n) is 5.35. The van der Waals surface area contributed by atoms with E-state index in [0.29, 0.717) is 6.04 Å². The van der Waals surface area contributed by atoms with E-state index in [1.54, 1.807) is 0 Å². The number of aliphatic hydroxyl groups is 1. The van der Waals surface area contributed by atoms with Gasteiger partial charge in [-0.15, -0.1) is 0 Å². The first-order valence-corrected chi connectivity index (χ1v) is 6.93. The highest BCUT2D eigenvalue weighted by Gasteiger charge is 2.13. The van der Waals surface area contributed by atoms with Crippen molar-refractivity contribution in [1.29, 1.82) is 0 Å². The number of nitrogens with one attached hydrogen (secondary N) is 2. The van der Waals surface area contributed by atoms with E-state index in [0.717, 1.165) is 19.5 Å². The first-order chi connectivity index (χ1) is 8.66. The fourth-order valence-electron chi connectivity index (χ4n) is 2.61. The van der Waals surface area contributed by atoms with Crippen LogP contribution in [0.2, 0.25) is 0 Å². The minimum absolute atomic E-state index is 0.240. The molecule has 0 aliphatic carbocycles. The Morgan fingerprint density at radius 1 is 1.39 bits per heavy atom. The Morgan fingerprint density at radius 3 is 3.00 bits per heavy atom. The lowest BCUT2D eigenvalue weighted by atomic mass is 9.99. The average Bonchev–Trinajstić information content (AvgIpc) is 2.35. The summed E-state index contributed by atoms with van der Waals surface area (Å²) in [6.45, 7) is 5.90. The normalized spacial score (nSPS) is 17.7. The summed E-state index contributed by atoms with van der Waals surface area (Å²) in [5.41, 5.74) is 4.09. The van der Waals surface area contributed by atoms with Crippen LogP contribution in [0, 0.1) is 0 Å². The summed E-state index contributed by atoms with van der Waals surface area (Å²) < 4.78 is 0. The maximum Gasteiger partial charge on any atom is 0.0526 e. The van der Waals surface area contributed by atoms with Crippen LogP contribution >= 0.6 is 0 Å². The zero-order valence-electron chi connectivity index (χ0n) is 11.4. The van der Waals surface area contributed by atoms with Crippen molar-refractivity contribution in [3.05, 3.63) is 29.3 Å². The second kappa shape index (κ2) is 6.21. The topological polar surface area (TPSA) is 44.3 Å². The maximum absolute atomic E-state index is 9.36. The molecular weight excluding hydrogens is 224 g/mol. The van der Waals surface area contributed by atoms with Gasteiger partial charge in [-0.1, -0.05) is 18.2 Å². The molecule has 3 N–H and O–H groups in total. The Labute approximate surface area is 110 Å². The maximum atomic E-state index is 9.36. The number of anilines is 1. The Bertz CT molecular complexity index is 390. The third-order valence-electron chi connectivity index (χ3n) is 3.50. The van der Waals surface area contributed by atoms with Crippen molar-refractivity contribution in [2.45, 2.75) is 51.8 Å². The van der Waals surface area contributed by atoms with Gasteiger partial charge in [0.05, 0.1) is 6.10 Å². The van der Waals surface area contributed by atoms with E-state index in [1.807, 2.05) is 6.92 Å². The summed E-state index contributed by atoms with van der Waals surface area (Å²) in [5, 5.41) is 16.3. The Morgan fingerprint density at radius 2 is 2.22 bits per heavy atom. The molecule has 18 heavy (non-hydrogen) atoms. The molecule has 0 radical (unpaired) electrons. The lowest BCUT2D eigenvalue weighted by molar-refractivity contribution is 0.170. The minimum atomic E-state index is -0.240. The van der Waals surface area contributed by atoms with Gasteiger partial charge < -0.3 is 15.7 Å². The van der Waals surface area contributed by atoms with Gasteiger partial charge in [0.1, 0.15) is 0 Å². The molecule has 1 aromatic rings. The molecule has 1 aliphatic heterocycles. The molecule has 0 fully saturated rings. The first-order valence-electron chi connectivity index (χ1n) is 6.93. The van der Waals surface area contributed by atoms with Crippen molar-refractivity contribution in [3.8, 4) is 0 Å². The van der Waals surface area contributed by atoms with Gasteiger partial charge in [0.2, 0.25) is 0 Å². The Balaban J connectivity index is 1.97. The molecule has 1 heterocycles. The van der Waals surface area contributed by atoms with Gasteiger partial charge in [0.25, 0.3) is 0 Å². The minimum Gasteiger partial charge on any atom is -0.393 e. The highest BCUT2D eigenvalue weighted by molar-refractivity contribution is 5.59. The van der Waals surface area contributed by atoms with E-state index in [1.165, 1.54) is 29.7 Å². The number of para-hydroxylation sites is 1. The molecule has 0 spiro atoms. The molecule has 2 rings (SSSR count). The van der Waals surface area contributed by atoms with Crippen molar-refractivity contribution in [3.63, 3.8) is 0 Å². The van der Waals surface area contributed by atoms with E-state index >= 15 is 0 Å². The Kier molecular flexibility index (Phi) is 4.61. The quantitative estimate of drug-likeness (QED) is 0.749. The van der Waals surface area contributed by atoms with Crippen molar-refractivity contribution in [2.24, 2.45) is 0 Å². The summed E-state index contributed by atoms with van der Waals surface area (Å²) in [5.74, 6) is 0. The summed E-state index contributed by atoms with van der Waals surface area (Å²) >= 11 is 0. The van der Waals surface area contributed by atoms with Crippen LogP contribution in [-0.4, -0.2) is 23.8 Å². The monoisotopic (exact) mass is 248 g/mol. The number of aryl methyl sites for hydroxylation is 1. The molecule has 0 aromatic heterocycles. The number of rotatable bonds is 5. The molecule has 1 aliphatic rings. The van der Waals surface area contributed by atoms with Crippen molar-refractivity contribution in [2.75, 3.05) is 11.9 Å². The largest absolute Gasteiger partial charge is 0.393 e. The van der Waals surface area contributed by atoms with Gasteiger partial charge in [-0.2, -0.15) is 0 Å². The summed E-state index contributed by atoms with van der Waals surface area (Å²) in [6.07, 6.45) is 2.96.